The van der Waals surface area contributed by atoms with Gasteiger partial charge in [-0.2, -0.15) is 0 Å². The molecule has 0 aliphatic carbocycles. The van der Waals surface area contributed by atoms with Crippen molar-refractivity contribution in [3.63, 3.8) is 0 Å². The number of nitrogens with zero attached hydrogens (tertiary/aromatic N) is 1. The van der Waals surface area contributed by atoms with E-state index in [0.29, 0.717) is 17.7 Å². The molecule has 112 valence electrons. The summed E-state index contributed by atoms with van der Waals surface area (Å²) in [6, 6.07) is 5.40. The summed E-state index contributed by atoms with van der Waals surface area (Å²) in [6.07, 6.45) is 0. The van der Waals surface area contributed by atoms with E-state index in [2.05, 4.69) is 16.6 Å². The summed E-state index contributed by atoms with van der Waals surface area (Å²) in [5, 5.41) is 0. The van der Waals surface area contributed by atoms with Gasteiger partial charge in [-0.25, -0.2) is 0 Å². The van der Waals surface area contributed by atoms with Crippen LogP contribution in [0.4, 0.5) is 0 Å². The number of benzene rings is 1. The summed E-state index contributed by atoms with van der Waals surface area (Å²) in [5.74, 6) is 4.96. The fourth-order valence-corrected chi connectivity index (χ4v) is 1.81. The second-order valence-corrected chi connectivity index (χ2v) is 4.45. The van der Waals surface area contributed by atoms with Gasteiger partial charge in [-0.1, -0.05) is 17.9 Å². The van der Waals surface area contributed by atoms with Crippen molar-refractivity contribution in [2.24, 2.45) is 5.73 Å². The summed E-state index contributed by atoms with van der Waals surface area (Å²) >= 11 is 0. The van der Waals surface area contributed by atoms with E-state index in [1.807, 2.05) is 19.1 Å². The van der Waals surface area contributed by atoms with Crippen LogP contribution in [0.3, 0.4) is 0 Å². The third-order valence-electron chi connectivity index (χ3n) is 2.95. The number of likely N-dealkylation sites (N-methyl/N-ethyl adjacent to an activating group) is 1. The molecule has 21 heavy (non-hydrogen) atoms. The number of hydrogen-bond acceptors (Lipinski definition) is 4. The van der Waals surface area contributed by atoms with Crippen molar-refractivity contribution >= 4 is 11.9 Å². The Labute approximate surface area is 125 Å². The zero-order chi connectivity index (χ0) is 15.8. The number of hydrogen-bond donors (Lipinski definition) is 1. The number of aryl methyl sites for hydroxylation is 1. The number of carbonyl (C=O) groups is 2. The van der Waals surface area contributed by atoms with Crippen molar-refractivity contribution in [2.45, 2.75) is 13.8 Å². The smallest absolute Gasteiger partial charge is 0.325 e. The van der Waals surface area contributed by atoms with E-state index in [0.717, 1.165) is 5.56 Å². The van der Waals surface area contributed by atoms with Crippen molar-refractivity contribution < 1.29 is 14.3 Å². The van der Waals surface area contributed by atoms with Crippen LogP contribution in [-0.2, 0) is 9.53 Å². The van der Waals surface area contributed by atoms with Gasteiger partial charge >= 0.3 is 5.97 Å². The van der Waals surface area contributed by atoms with Gasteiger partial charge in [0.2, 0.25) is 0 Å². The SMILES string of the molecule is CCN(CC(=O)OC)C(=O)c1ccc(C)cc1C#CCN. The molecule has 0 aliphatic rings. The normalized spacial score (nSPS) is 9.52. The first-order chi connectivity index (χ1) is 10.0. The lowest BCUT2D eigenvalue weighted by Gasteiger charge is -2.20. The molecule has 0 spiro atoms. The van der Waals surface area contributed by atoms with Crippen LogP contribution < -0.4 is 5.73 Å². The minimum atomic E-state index is -0.452. The van der Waals surface area contributed by atoms with Gasteiger partial charge in [0.15, 0.2) is 0 Å². The molecule has 0 saturated heterocycles. The van der Waals surface area contributed by atoms with Crippen LogP contribution in [0.25, 0.3) is 0 Å². The first-order valence-electron chi connectivity index (χ1n) is 6.69. The maximum atomic E-state index is 12.5. The van der Waals surface area contributed by atoms with Gasteiger partial charge in [0.25, 0.3) is 5.91 Å². The predicted molar refractivity (Wildman–Crippen MR) is 80.7 cm³/mol. The highest BCUT2D eigenvalue weighted by molar-refractivity contribution is 5.98. The number of esters is 1. The van der Waals surface area contributed by atoms with Crippen LogP contribution >= 0.6 is 0 Å². The molecule has 1 aromatic rings. The molecular weight excluding hydrogens is 268 g/mol. The van der Waals surface area contributed by atoms with Crippen LogP contribution in [0.15, 0.2) is 18.2 Å². The van der Waals surface area contributed by atoms with Crippen LogP contribution in [0.2, 0.25) is 0 Å². The van der Waals surface area contributed by atoms with E-state index in [-0.39, 0.29) is 19.0 Å². The summed E-state index contributed by atoms with van der Waals surface area (Å²) in [5.41, 5.74) is 7.47. The van der Waals surface area contributed by atoms with Crippen LogP contribution in [0.1, 0.15) is 28.4 Å². The molecule has 0 unspecified atom stereocenters. The van der Waals surface area contributed by atoms with Crippen molar-refractivity contribution in [3.05, 3.63) is 34.9 Å². The Balaban J connectivity index is 3.12. The predicted octanol–water partition coefficient (Wildman–Crippen LogP) is 0.940. The number of nitrogens with two attached hydrogens (primary N) is 1. The highest BCUT2D eigenvalue weighted by Gasteiger charge is 2.19. The number of ether oxygens (including phenoxy) is 1. The highest BCUT2D eigenvalue weighted by atomic mass is 16.5. The van der Waals surface area contributed by atoms with Crippen LogP contribution in [0, 0.1) is 18.8 Å². The Hall–Kier alpha value is -2.32. The Kier molecular flexibility index (Phi) is 6.44. The molecule has 1 aromatic carbocycles. The molecule has 1 rings (SSSR count). The monoisotopic (exact) mass is 288 g/mol. The topological polar surface area (TPSA) is 72.6 Å². The first-order valence-corrected chi connectivity index (χ1v) is 6.69. The fraction of sp³-hybridized carbons (Fsp3) is 0.375. The third kappa shape index (κ3) is 4.62. The van der Waals surface area contributed by atoms with Crippen LogP contribution in [0.5, 0.6) is 0 Å². The minimum absolute atomic E-state index is 0.0799. The van der Waals surface area contributed by atoms with Crippen molar-refractivity contribution in [3.8, 4) is 11.8 Å². The van der Waals surface area contributed by atoms with E-state index < -0.39 is 5.97 Å². The second kappa shape index (κ2) is 8.08. The van der Waals surface area contributed by atoms with Crippen molar-refractivity contribution in [1.82, 2.24) is 4.90 Å². The lowest BCUT2D eigenvalue weighted by molar-refractivity contribution is -0.141. The van der Waals surface area contributed by atoms with E-state index in [4.69, 9.17) is 5.73 Å². The maximum absolute atomic E-state index is 12.5. The van der Waals surface area contributed by atoms with Gasteiger partial charge in [-0.3, -0.25) is 9.59 Å². The molecule has 2 N–H and O–H groups in total. The molecule has 5 heteroatoms. The number of methoxy groups -OCH3 is 1. The van der Waals surface area contributed by atoms with Gasteiger partial charge in [0.1, 0.15) is 6.54 Å². The Morgan fingerprint density at radius 1 is 1.38 bits per heavy atom. The largest absolute Gasteiger partial charge is 0.468 e. The first kappa shape index (κ1) is 16.7. The Morgan fingerprint density at radius 2 is 2.10 bits per heavy atom. The second-order valence-electron chi connectivity index (χ2n) is 4.45. The molecule has 0 aromatic heterocycles. The van der Waals surface area contributed by atoms with E-state index >= 15 is 0 Å². The summed E-state index contributed by atoms with van der Waals surface area (Å²) < 4.78 is 4.61. The van der Waals surface area contributed by atoms with E-state index in [9.17, 15) is 9.59 Å². The van der Waals surface area contributed by atoms with E-state index in [1.54, 1.807) is 13.0 Å². The molecule has 0 heterocycles. The zero-order valence-electron chi connectivity index (χ0n) is 12.6. The molecule has 0 aliphatic heterocycles. The Morgan fingerprint density at radius 3 is 2.67 bits per heavy atom. The van der Waals surface area contributed by atoms with Gasteiger partial charge in [-0.15, -0.1) is 0 Å². The highest BCUT2D eigenvalue weighted by Crippen LogP contribution is 2.13. The molecular formula is C16H20N2O3. The van der Waals surface area contributed by atoms with Gasteiger partial charge < -0.3 is 15.4 Å². The average molecular weight is 288 g/mol. The number of amides is 1. The quantitative estimate of drug-likeness (QED) is 0.661. The Bertz CT molecular complexity index is 585. The molecule has 1 amide bonds. The number of carbonyl (C=O) groups excluding carboxylic acids is 2. The fourth-order valence-electron chi connectivity index (χ4n) is 1.81. The zero-order valence-corrected chi connectivity index (χ0v) is 12.6. The van der Waals surface area contributed by atoms with Gasteiger partial charge in [0.05, 0.1) is 19.2 Å². The van der Waals surface area contributed by atoms with Crippen molar-refractivity contribution in [2.75, 3.05) is 26.7 Å². The summed E-state index contributed by atoms with van der Waals surface area (Å²) in [4.78, 5) is 25.3. The molecule has 0 saturated carbocycles. The average Bonchev–Trinajstić information content (AvgIpc) is 2.49. The molecule has 0 bridgehead atoms. The third-order valence-corrected chi connectivity index (χ3v) is 2.95. The van der Waals surface area contributed by atoms with Crippen LogP contribution in [-0.4, -0.2) is 43.5 Å². The summed E-state index contributed by atoms with van der Waals surface area (Å²) in [7, 11) is 1.30. The lowest BCUT2D eigenvalue weighted by atomic mass is 10.0. The minimum Gasteiger partial charge on any atom is -0.468 e. The van der Waals surface area contributed by atoms with Gasteiger partial charge in [0, 0.05) is 12.1 Å². The standard InChI is InChI=1S/C16H20N2O3/c1-4-18(11-15(19)21-3)16(20)14-8-7-12(2)10-13(14)6-5-9-17/h7-8,10H,4,9,11,17H2,1-3H3. The lowest BCUT2D eigenvalue weighted by Crippen LogP contribution is -2.36. The van der Waals surface area contributed by atoms with Crippen molar-refractivity contribution in [1.29, 1.82) is 0 Å². The molecule has 0 atom stereocenters. The van der Waals surface area contributed by atoms with E-state index in [1.165, 1.54) is 12.0 Å². The van der Waals surface area contributed by atoms with Gasteiger partial charge in [-0.05, 0) is 31.5 Å². The number of rotatable bonds is 4. The summed E-state index contributed by atoms with van der Waals surface area (Å²) in [6.45, 7) is 4.28. The molecule has 0 fully saturated rings. The molecule has 0 radical (unpaired) electrons. The molecule has 5 nitrogen and oxygen atoms in total. The maximum Gasteiger partial charge on any atom is 0.325 e.